The van der Waals surface area contributed by atoms with Crippen LogP contribution in [0.5, 0.6) is 0 Å². The van der Waals surface area contributed by atoms with Crippen LogP contribution in [0.4, 0.5) is 0 Å². The molecule has 0 aromatic heterocycles. The van der Waals surface area contributed by atoms with E-state index in [1.54, 1.807) is 0 Å². The standard InChI is InChI=1S/C2H8N2.2C2H4O2.2Na.2H/c3-1-2-4;2*1-2(3)4;;;;/h1-4H2;2*1H3,(H,3,4);;;;. The van der Waals surface area contributed by atoms with Gasteiger partial charge in [-0.15, -0.1) is 0 Å². The molecule has 6 N–H and O–H groups in total. The fourth-order valence-electron chi connectivity index (χ4n) is 0. The predicted octanol–water partition coefficient (Wildman–Crippen LogP) is -2.21. The van der Waals surface area contributed by atoms with E-state index >= 15 is 0 Å². The minimum absolute atomic E-state index is 0. The van der Waals surface area contributed by atoms with Crippen LogP contribution in [-0.4, -0.2) is 94.4 Å². The summed E-state index contributed by atoms with van der Waals surface area (Å²) in [5, 5.41) is 14.8. The zero-order chi connectivity index (χ0) is 10.6. The first kappa shape index (κ1) is 29.4. The summed E-state index contributed by atoms with van der Waals surface area (Å²) in [4.78, 5) is 18.0. The molecule has 0 aliphatic rings. The van der Waals surface area contributed by atoms with E-state index < -0.39 is 11.9 Å². The number of aliphatic carboxylic acids is 2. The Labute approximate surface area is 128 Å². The van der Waals surface area contributed by atoms with Gasteiger partial charge in [-0.2, -0.15) is 0 Å². The first-order valence-electron chi connectivity index (χ1n) is 3.17. The molecule has 0 spiro atoms. The Hall–Kier alpha value is 0.860. The van der Waals surface area contributed by atoms with E-state index in [0.717, 1.165) is 13.8 Å². The summed E-state index contributed by atoms with van der Waals surface area (Å²) in [7, 11) is 0. The molecule has 0 radical (unpaired) electrons. The van der Waals surface area contributed by atoms with Crippen molar-refractivity contribution in [3.63, 3.8) is 0 Å². The molecule has 78 valence electrons. The summed E-state index contributed by atoms with van der Waals surface area (Å²) in [6.07, 6.45) is 0. The molecule has 0 heterocycles. The van der Waals surface area contributed by atoms with Gasteiger partial charge in [0.15, 0.2) is 0 Å². The van der Waals surface area contributed by atoms with Gasteiger partial charge in [-0.25, -0.2) is 0 Å². The van der Waals surface area contributed by atoms with Crippen molar-refractivity contribution in [1.82, 2.24) is 0 Å². The molecule has 8 heteroatoms. The maximum absolute atomic E-state index is 9.00. The van der Waals surface area contributed by atoms with Gasteiger partial charge >= 0.3 is 59.1 Å². The van der Waals surface area contributed by atoms with Gasteiger partial charge in [0.05, 0.1) is 0 Å². The van der Waals surface area contributed by atoms with Crippen LogP contribution in [0.2, 0.25) is 0 Å². The third-order valence-electron chi connectivity index (χ3n) is 0.167. The van der Waals surface area contributed by atoms with E-state index in [1.807, 2.05) is 0 Å². The van der Waals surface area contributed by atoms with Crippen LogP contribution in [0.1, 0.15) is 13.8 Å². The topological polar surface area (TPSA) is 127 Å². The average molecular weight is 228 g/mol. The number of carbonyl (C=O) groups is 2. The summed E-state index contributed by atoms with van der Waals surface area (Å²) >= 11 is 0. The van der Waals surface area contributed by atoms with Crippen LogP contribution in [0, 0.1) is 0 Å². The molecule has 0 saturated carbocycles. The first-order chi connectivity index (χ1) is 5.38. The third-order valence-corrected chi connectivity index (χ3v) is 0.167. The Bertz CT molecular complexity index is 102. The van der Waals surface area contributed by atoms with Gasteiger partial charge in [-0.1, -0.05) is 0 Å². The van der Waals surface area contributed by atoms with E-state index in [4.69, 9.17) is 31.3 Å². The van der Waals surface area contributed by atoms with Crippen molar-refractivity contribution in [2.24, 2.45) is 11.5 Å². The van der Waals surface area contributed by atoms with Crippen molar-refractivity contribution < 1.29 is 19.8 Å². The number of hydrogen-bond acceptors (Lipinski definition) is 4. The number of carboxylic acid groups (broad SMARTS) is 2. The molecule has 0 aromatic rings. The molecule has 0 rings (SSSR count). The van der Waals surface area contributed by atoms with Crippen LogP contribution in [0.3, 0.4) is 0 Å². The second-order valence-electron chi connectivity index (χ2n) is 1.62. The molecule has 0 amide bonds. The van der Waals surface area contributed by atoms with Gasteiger partial charge in [-0.3, -0.25) is 9.59 Å². The molecule has 0 aliphatic carbocycles. The quantitative estimate of drug-likeness (QED) is 0.377. The monoisotopic (exact) mass is 228 g/mol. The molecule has 6 nitrogen and oxygen atoms in total. The molecule has 14 heavy (non-hydrogen) atoms. The van der Waals surface area contributed by atoms with Gasteiger partial charge in [0.25, 0.3) is 11.9 Å². The summed E-state index contributed by atoms with van der Waals surface area (Å²) in [5.74, 6) is -1.67. The number of nitrogens with two attached hydrogens (primary N) is 2. The normalized spacial score (nSPS) is 5.71. The molecule has 0 atom stereocenters. The van der Waals surface area contributed by atoms with Gasteiger partial charge in [0.1, 0.15) is 0 Å². The predicted molar refractivity (Wildman–Crippen MR) is 59.0 cm³/mol. The molecular weight excluding hydrogens is 210 g/mol. The Morgan fingerprint density at radius 3 is 1.00 bits per heavy atom. The van der Waals surface area contributed by atoms with E-state index in [-0.39, 0.29) is 59.1 Å². The Kier molecular flexibility index (Phi) is 61.2. The molecule has 0 aromatic carbocycles. The summed E-state index contributed by atoms with van der Waals surface area (Å²) < 4.78 is 0. The zero-order valence-corrected chi connectivity index (χ0v) is 7.28. The van der Waals surface area contributed by atoms with Crippen molar-refractivity contribution in [2.75, 3.05) is 13.1 Å². The number of hydrogen-bond donors (Lipinski definition) is 4. The van der Waals surface area contributed by atoms with Gasteiger partial charge in [0.2, 0.25) is 0 Å². The molecular formula is C6H18N2Na2O4. The zero-order valence-electron chi connectivity index (χ0n) is 7.28. The fourth-order valence-corrected chi connectivity index (χ4v) is 0. The van der Waals surface area contributed by atoms with Crippen LogP contribution < -0.4 is 11.5 Å². The van der Waals surface area contributed by atoms with Gasteiger partial charge < -0.3 is 21.7 Å². The van der Waals surface area contributed by atoms with Crippen molar-refractivity contribution in [3.8, 4) is 0 Å². The second kappa shape index (κ2) is 29.2. The van der Waals surface area contributed by atoms with Crippen molar-refractivity contribution in [1.29, 1.82) is 0 Å². The van der Waals surface area contributed by atoms with E-state index in [9.17, 15) is 0 Å². The van der Waals surface area contributed by atoms with Crippen LogP contribution in [0.15, 0.2) is 0 Å². The van der Waals surface area contributed by atoms with Crippen molar-refractivity contribution >= 4 is 71.1 Å². The van der Waals surface area contributed by atoms with E-state index in [1.165, 1.54) is 0 Å². The Balaban J connectivity index is -0.0000000270. The van der Waals surface area contributed by atoms with Crippen LogP contribution in [0.25, 0.3) is 0 Å². The molecule has 0 unspecified atom stereocenters. The number of carboxylic acids is 2. The van der Waals surface area contributed by atoms with Gasteiger partial charge in [-0.05, 0) is 0 Å². The SMILES string of the molecule is CC(=O)O.CC(=O)O.NCCN.[NaH].[NaH]. The van der Waals surface area contributed by atoms with E-state index in [2.05, 4.69) is 0 Å². The number of rotatable bonds is 1. The fraction of sp³-hybridized carbons (Fsp3) is 0.667. The Morgan fingerprint density at radius 2 is 1.00 bits per heavy atom. The molecule has 0 aliphatic heterocycles. The minimum atomic E-state index is -0.833. The van der Waals surface area contributed by atoms with E-state index in [0.29, 0.717) is 13.1 Å². The maximum atomic E-state index is 9.00. The third kappa shape index (κ3) is 523. The van der Waals surface area contributed by atoms with Crippen LogP contribution >= 0.6 is 0 Å². The van der Waals surface area contributed by atoms with Crippen LogP contribution in [-0.2, 0) is 9.59 Å². The van der Waals surface area contributed by atoms with Crippen molar-refractivity contribution in [3.05, 3.63) is 0 Å². The molecule has 0 bridgehead atoms. The summed E-state index contributed by atoms with van der Waals surface area (Å²) in [6, 6.07) is 0. The summed E-state index contributed by atoms with van der Waals surface area (Å²) in [6.45, 7) is 3.36. The summed E-state index contributed by atoms with van der Waals surface area (Å²) in [5.41, 5.74) is 9.81. The first-order valence-corrected chi connectivity index (χ1v) is 3.17. The molecule has 0 saturated heterocycles. The second-order valence-corrected chi connectivity index (χ2v) is 1.62. The van der Waals surface area contributed by atoms with Gasteiger partial charge in [0, 0.05) is 26.9 Å². The van der Waals surface area contributed by atoms with Crippen molar-refractivity contribution in [2.45, 2.75) is 13.8 Å². The Morgan fingerprint density at radius 1 is 0.929 bits per heavy atom. The average Bonchev–Trinajstić information content (AvgIpc) is 1.85. The molecule has 0 fully saturated rings.